The lowest BCUT2D eigenvalue weighted by Crippen LogP contribution is -2.13. The molecule has 0 bridgehead atoms. The van der Waals surface area contributed by atoms with Gasteiger partial charge in [-0.3, -0.25) is 0 Å². The van der Waals surface area contributed by atoms with Crippen molar-refractivity contribution < 1.29 is 0 Å². The van der Waals surface area contributed by atoms with Crippen LogP contribution in [0.15, 0.2) is 90.9 Å². The van der Waals surface area contributed by atoms with E-state index in [-0.39, 0.29) is 0 Å². The van der Waals surface area contributed by atoms with Gasteiger partial charge < -0.3 is 9.13 Å². The van der Waals surface area contributed by atoms with Gasteiger partial charge in [0.25, 0.3) is 0 Å². The molecule has 0 radical (unpaired) electrons. The second-order valence-corrected chi connectivity index (χ2v) is 8.44. The Balaban J connectivity index is 1.44. The van der Waals surface area contributed by atoms with Gasteiger partial charge in [0, 0.05) is 52.2 Å². The molecule has 0 aliphatic heterocycles. The highest BCUT2D eigenvalue weighted by Crippen LogP contribution is 2.29. The molecule has 4 nitrogen and oxygen atoms in total. The molecule has 4 rings (SSSR count). The second-order valence-electron chi connectivity index (χ2n) is 6.63. The predicted octanol–water partition coefficient (Wildman–Crippen LogP) is 5.52. The summed E-state index contributed by atoms with van der Waals surface area (Å²) in [4.78, 5) is 9.56. The highest BCUT2D eigenvalue weighted by atomic mass is 35.5. The van der Waals surface area contributed by atoms with Crippen molar-refractivity contribution in [1.82, 2.24) is 19.1 Å². The van der Waals surface area contributed by atoms with Crippen LogP contribution < -0.4 is 0 Å². The number of halogens is 1. The fourth-order valence-corrected chi connectivity index (χ4v) is 4.38. The molecule has 2 aromatic heterocycles. The monoisotopic (exact) mass is 408 g/mol. The Kier molecular flexibility index (Phi) is 6.14. The van der Waals surface area contributed by atoms with Gasteiger partial charge in [0.1, 0.15) is 0 Å². The topological polar surface area (TPSA) is 35.6 Å². The molecule has 0 spiro atoms. The molecule has 0 saturated carbocycles. The van der Waals surface area contributed by atoms with Gasteiger partial charge in [0.05, 0.1) is 12.7 Å². The first kappa shape index (κ1) is 18.8. The molecule has 142 valence electrons. The molecule has 0 aliphatic rings. The molecular formula is C22H21ClN4S. The number of aryl methyl sites for hydroxylation is 1. The molecule has 0 saturated heterocycles. The van der Waals surface area contributed by atoms with Crippen molar-refractivity contribution in [3.05, 3.63) is 96.6 Å². The smallest absolute Gasteiger partial charge is 0.0991 e. The van der Waals surface area contributed by atoms with E-state index in [1.807, 2.05) is 59.7 Å². The van der Waals surface area contributed by atoms with Crippen molar-refractivity contribution in [2.45, 2.75) is 29.5 Å². The molecule has 2 heterocycles. The number of thioether (sulfide) groups is 1. The minimum atomic E-state index is 0.448. The van der Waals surface area contributed by atoms with Crippen LogP contribution in [-0.2, 0) is 13.0 Å². The van der Waals surface area contributed by atoms with E-state index in [1.165, 1.54) is 10.5 Å². The van der Waals surface area contributed by atoms with Crippen molar-refractivity contribution in [1.29, 1.82) is 0 Å². The maximum absolute atomic E-state index is 6.01. The van der Waals surface area contributed by atoms with Gasteiger partial charge >= 0.3 is 0 Å². The first-order chi connectivity index (χ1) is 13.8. The largest absolute Gasteiger partial charge is 0.336 e. The summed E-state index contributed by atoms with van der Waals surface area (Å²) in [6.45, 7) is 0.932. The fourth-order valence-electron chi connectivity index (χ4n) is 3.10. The van der Waals surface area contributed by atoms with Crippen LogP contribution in [-0.4, -0.2) is 24.4 Å². The van der Waals surface area contributed by atoms with E-state index in [1.54, 1.807) is 6.20 Å². The van der Waals surface area contributed by atoms with Crippen molar-refractivity contribution in [3.8, 4) is 5.69 Å². The summed E-state index contributed by atoms with van der Waals surface area (Å²) in [5, 5.41) is 1.23. The Morgan fingerprint density at radius 2 is 1.64 bits per heavy atom. The lowest BCUT2D eigenvalue weighted by Gasteiger charge is -2.18. The Labute approximate surface area is 174 Å². The third kappa shape index (κ3) is 5.06. The molecule has 6 heteroatoms. The maximum atomic E-state index is 6.01. The van der Waals surface area contributed by atoms with Crippen LogP contribution in [0.3, 0.4) is 0 Å². The summed E-state index contributed by atoms with van der Waals surface area (Å²) in [5.74, 6) is 0. The van der Waals surface area contributed by atoms with Crippen molar-refractivity contribution >= 4 is 23.4 Å². The molecule has 1 unspecified atom stereocenters. The summed E-state index contributed by atoms with van der Waals surface area (Å²) in [7, 11) is 0. The first-order valence-electron chi connectivity index (χ1n) is 9.21. The normalized spacial score (nSPS) is 12.2. The predicted molar refractivity (Wildman–Crippen MR) is 115 cm³/mol. The van der Waals surface area contributed by atoms with Crippen LogP contribution in [0.1, 0.15) is 12.0 Å². The van der Waals surface area contributed by atoms with Crippen LogP contribution in [0.2, 0.25) is 5.02 Å². The molecule has 0 fully saturated rings. The van der Waals surface area contributed by atoms with E-state index in [0.29, 0.717) is 5.25 Å². The third-order valence-electron chi connectivity index (χ3n) is 4.58. The van der Waals surface area contributed by atoms with Gasteiger partial charge in [-0.25, -0.2) is 9.97 Å². The molecule has 0 amide bonds. The Morgan fingerprint density at radius 1 is 0.893 bits per heavy atom. The fraction of sp³-hybridized carbons (Fsp3) is 0.182. The van der Waals surface area contributed by atoms with Gasteiger partial charge in [-0.15, -0.1) is 11.8 Å². The first-order valence-corrected chi connectivity index (χ1v) is 10.5. The molecule has 4 aromatic rings. The number of rotatable bonds is 8. The molecule has 2 aromatic carbocycles. The summed E-state index contributed by atoms with van der Waals surface area (Å²) >= 11 is 7.92. The van der Waals surface area contributed by atoms with E-state index in [2.05, 4.69) is 50.9 Å². The van der Waals surface area contributed by atoms with Gasteiger partial charge in [-0.2, -0.15) is 0 Å². The SMILES string of the molecule is Clc1ccc(CCC(Cn2ccnc2)Sc2ccc(-n3ccnc3)cc2)cc1. The lowest BCUT2D eigenvalue weighted by molar-refractivity contribution is 0.624. The van der Waals surface area contributed by atoms with E-state index in [9.17, 15) is 0 Å². The minimum absolute atomic E-state index is 0.448. The Bertz CT molecular complexity index is 965. The Hall–Kier alpha value is -2.50. The lowest BCUT2D eigenvalue weighted by atomic mass is 10.1. The zero-order chi connectivity index (χ0) is 19.2. The molecular weight excluding hydrogens is 388 g/mol. The van der Waals surface area contributed by atoms with Gasteiger partial charge in [0.15, 0.2) is 0 Å². The zero-order valence-electron chi connectivity index (χ0n) is 15.4. The molecule has 1 atom stereocenters. The molecule has 28 heavy (non-hydrogen) atoms. The van der Waals surface area contributed by atoms with Gasteiger partial charge in [-0.1, -0.05) is 23.7 Å². The van der Waals surface area contributed by atoms with E-state index >= 15 is 0 Å². The number of nitrogens with zero attached hydrogens (tertiary/aromatic N) is 4. The minimum Gasteiger partial charge on any atom is -0.336 e. The maximum Gasteiger partial charge on any atom is 0.0991 e. The highest BCUT2D eigenvalue weighted by Gasteiger charge is 2.12. The van der Waals surface area contributed by atoms with Crippen LogP contribution in [0.25, 0.3) is 5.69 Å². The number of hydrogen-bond donors (Lipinski definition) is 0. The standard InChI is InChI=1S/C22H21ClN4S/c23-19-4-1-18(2-5-19)3-8-22(15-26-13-11-24-16-26)28-21-9-6-20(7-10-21)27-14-12-25-17-27/h1-2,4-7,9-14,16-17,22H,3,8,15H2. The zero-order valence-corrected chi connectivity index (χ0v) is 16.9. The van der Waals surface area contributed by atoms with E-state index in [0.717, 1.165) is 30.1 Å². The van der Waals surface area contributed by atoms with E-state index < -0.39 is 0 Å². The van der Waals surface area contributed by atoms with Gasteiger partial charge in [0.2, 0.25) is 0 Å². The average Bonchev–Trinajstić information content (AvgIpc) is 3.42. The van der Waals surface area contributed by atoms with Crippen LogP contribution in [0.4, 0.5) is 0 Å². The Morgan fingerprint density at radius 3 is 2.32 bits per heavy atom. The quantitative estimate of drug-likeness (QED) is 0.360. The number of aromatic nitrogens is 4. The average molecular weight is 409 g/mol. The second kappa shape index (κ2) is 9.13. The van der Waals surface area contributed by atoms with Crippen LogP contribution in [0.5, 0.6) is 0 Å². The summed E-state index contributed by atoms with van der Waals surface area (Å²) < 4.78 is 4.16. The van der Waals surface area contributed by atoms with E-state index in [4.69, 9.17) is 11.6 Å². The van der Waals surface area contributed by atoms with Gasteiger partial charge in [-0.05, 0) is 54.8 Å². The van der Waals surface area contributed by atoms with Crippen LogP contribution >= 0.6 is 23.4 Å². The number of benzene rings is 2. The number of imidazole rings is 2. The third-order valence-corrected chi connectivity index (χ3v) is 6.10. The van der Waals surface area contributed by atoms with Crippen molar-refractivity contribution in [2.24, 2.45) is 0 Å². The molecule has 0 aliphatic carbocycles. The highest BCUT2D eigenvalue weighted by molar-refractivity contribution is 8.00. The number of hydrogen-bond acceptors (Lipinski definition) is 3. The van der Waals surface area contributed by atoms with Crippen LogP contribution in [0, 0.1) is 0 Å². The molecule has 0 N–H and O–H groups in total. The van der Waals surface area contributed by atoms with Crippen molar-refractivity contribution in [3.63, 3.8) is 0 Å². The van der Waals surface area contributed by atoms with Crippen molar-refractivity contribution in [2.75, 3.05) is 0 Å². The summed E-state index contributed by atoms with van der Waals surface area (Å²) in [5.41, 5.74) is 2.44. The summed E-state index contributed by atoms with van der Waals surface area (Å²) in [6, 6.07) is 16.8. The summed E-state index contributed by atoms with van der Waals surface area (Å²) in [6.07, 6.45) is 13.4.